The number of hydrazone groups is 1. The quantitative estimate of drug-likeness (QED) is 0.783. The van der Waals surface area contributed by atoms with Crippen LogP contribution in [0, 0.1) is 0 Å². The minimum Gasteiger partial charge on any atom is -0.247 e. The van der Waals surface area contributed by atoms with Crippen LogP contribution in [0.4, 0.5) is 5.82 Å². The van der Waals surface area contributed by atoms with E-state index in [-0.39, 0.29) is 0 Å². The normalized spacial score (nSPS) is 14.8. The van der Waals surface area contributed by atoms with E-state index in [1.165, 1.54) is 5.56 Å². The summed E-state index contributed by atoms with van der Waals surface area (Å²) in [4.78, 5) is 4.31. The van der Waals surface area contributed by atoms with Crippen LogP contribution in [0.3, 0.4) is 0 Å². The molecule has 84 valence electrons. The van der Waals surface area contributed by atoms with E-state index < -0.39 is 0 Å². The molecule has 0 spiro atoms. The molecule has 0 bridgehead atoms. The van der Waals surface area contributed by atoms with Crippen molar-refractivity contribution in [3.8, 4) is 0 Å². The minimum atomic E-state index is 0.904. The second-order valence-electron chi connectivity index (χ2n) is 3.97. The fourth-order valence-electron chi connectivity index (χ4n) is 1.96. The summed E-state index contributed by atoms with van der Waals surface area (Å²) in [5.74, 6) is 0.915. The Bertz CT molecular complexity index is 520. The maximum absolute atomic E-state index is 4.62. The van der Waals surface area contributed by atoms with Crippen molar-refractivity contribution in [1.82, 2.24) is 4.98 Å². The molecule has 0 aliphatic carbocycles. The van der Waals surface area contributed by atoms with Gasteiger partial charge in [-0.15, -0.1) is 0 Å². The van der Waals surface area contributed by atoms with Gasteiger partial charge in [0.1, 0.15) is 5.82 Å². The molecule has 0 radical (unpaired) electrons. The summed E-state index contributed by atoms with van der Waals surface area (Å²) in [6, 6.07) is 16.2. The molecule has 1 aromatic heterocycles. The van der Waals surface area contributed by atoms with Gasteiger partial charge in [0.25, 0.3) is 0 Å². The standard InChI is InChI=1S/C14H13N3/c1-2-6-12(7-3-1)13-9-11-17(16-13)14-8-4-5-10-15-14/h1-8,10H,9,11H2. The minimum absolute atomic E-state index is 0.904. The molecule has 3 nitrogen and oxygen atoms in total. The average molecular weight is 223 g/mol. The number of pyridine rings is 1. The van der Waals surface area contributed by atoms with E-state index in [1.54, 1.807) is 6.20 Å². The molecule has 1 aliphatic rings. The molecule has 0 fully saturated rings. The SMILES string of the molecule is c1ccc(C2=NN(c3ccccn3)CC2)cc1. The van der Waals surface area contributed by atoms with E-state index in [0.29, 0.717) is 0 Å². The van der Waals surface area contributed by atoms with Gasteiger partial charge in [0.15, 0.2) is 0 Å². The third-order valence-electron chi connectivity index (χ3n) is 2.82. The maximum Gasteiger partial charge on any atom is 0.148 e. The van der Waals surface area contributed by atoms with Crippen molar-refractivity contribution in [2.75, 3.05) is 11.6 Å². The molecule has 0 atom stereocenters. The van der Waals surface area contributed by atoms with Crippen LogP contribution >= 0.6 is 0 Å². The molecule has 3 rings (SSSR count). The highest BCUT2D eigenvalue weighted by Gasteiger charge is 2.17. The van der Waals surface area contributed by atoms with Crippen molar-refractivity contribution in [2.45, 2.75) is 6.42 Å². The van der Waals surface area contributed by atoms with E-state index in [2.05, 4.69) is 22.2 Å². The zero-order valence-electron chi connectivity index (χ0n) is 9.45. The van der Waals surface area contributed by atoms with Gasteiger partial charge in [-0.25, -0.2) is 9.99 Å². The van der Waals surface area contributed by atoms with Crippen LogP contribution < -0.4 is 5.01 Å². The molecule has 0 saturated carbocycles. The average Bonchev–Trinajstić information content (AvgIpc) is 2.90. The van der Waals surface area contributed by atoms with Crippen molar-refractivity contribution < 1.29 is 0 Å². The Hall–Kier alpha value is -2.16. The Balaban J connectivity index is 1.87. The zero-order valence-corrected chi connectivity index (χ0v) is 9.45. The highest BCUT2D eigenvalue weighted by Crippen LogP contribution is 2.18. The fourth-order valence-corrected chi connectivity index (χ4v) is 1.96. The van der Waals surface area contributed by atoms with E-state index in [1.807, 2.05) is 41.4 Å². The van der Waals surface area contributed by atoms with Gasteiger partial charge in [-0.2, -0.15) is 5.10 Å². The Labute approximate surface area is 100 Å². The molecule has 0 saturated heterocycles. The predicted molar refractivity (Wildman–Crippen MR) is 69.2 cm³/mol. The molecule has 2 heterocycles. The van der Waals surface area contributed by atoms with Gasteiger partial charge in [-0.3, -0.25) is 0 Å². The summed E-state index contributed by atoms with van der Waals surface area (Å²) in [5, 5.41) is 6.58. The molecular weight excluding hydrogens is 210 g/mol. The van der Waals surface area contributed by atoms with Gasteiger partial charge in [-0.05, 0) is 17.7 Å². The van der Waals surface area contributed by atoms with Crippen LogP contribution in [-0.4, -0.2) is 17.2 Å². The molecule has 0 N–H and O–H groups in total. The first kappa shape index (κ1) is 10.0. The molecule has 1 aromatic carbocycles. The Morgan fingerprint density at radius 2 is 1.76 bits per heavy atom. The summed E-state index contributed by atoms with van der Waals surface area (Å²) in [5.41, 5.74) is 2.34. The largest absolute Gasteiger partial charge is 0.247 e. The lowest BCUT2D eigenvalue weighted by Gasteiger charge is -2.10. The van der Waals surface area contributed by atoms with Gasteiger partial charge in [-0.1, -0.05) is 36.4 Å². The van der Waals surface area contributed by atoms with Crippen LogP contribution in [0.5, 0.6) is 0 Å². The van der Waals surface area contributed by atoms with E-state index in [4.69, 9.17) is 0 Å². The van der Waals surface area contributed by atoms with Crippen molar-refractivity contribution in [3.63, 3.8) is 0 Å². The third-order valence-corrected chi connectivity index (χ3v) is 2.82. The van der Waals surface area contributed by atoms with E-state index in [9.17, 15) is 0 Å². The summed E-state index contributed by atoms with van der Waals surface area (Å²) in [6.07, 6.45) is 2.77. The summed E-state index contributed by atoms with van der Waals surface area (Å²) < 4.78 is 0. The smallest absolute Gasteiger partial charge is 0.148 e. The van der Waals surface area contributed by atoms with Gasteiger partial charge in [0.05, 0.1) is 5.71 Å². The highest BCUT2D eigenvalue weighted by atomic mass is 15.5. The van der Waals surface area contributed by atoms with E-state index >= 15 is 0 Å². The highest BCUT2D eigenvalue weighted by molar-refractivity contribution is 6.02. The van der Waals surface area contributed by atoms with Crippen LogP contribution in [-0.2, 0) is 0 Å². The first-order valence-corrected chi connectivity index (χ1v) is 5.75. The number of nitrogens with zero attached hydrogens (tertiary/aromatic N) is 3. The molecular formula is C14H13N3. The summed E-state index contributed by atoms with van der Waals surface area (Å²) >= 11 is 0. The molecule has 0 amide bonds. The van der Waals surface area contributed by atoms with E-state index in [0.717, 1.165) is 24.5 Å². The second-order valence-corrected chi connectivity index (χ2v) is 3.97. The Kier molecular flexibility index (Phi) is 2.58. The lowest BCUT2D eigenvalue weighted by Crippen LogP contribution is -2.12. The number of hydrogen-bond acceptors (Lipinski definition) is 3. The number of aromatic nitrogens is 1. The van der Waals surface area contributed by atoms with Crippen molar-refractivity contribution in [3.05, 3.63) is 60.3 Å². The fraction of sp³-hybridized carbons (Fsp3) is 0.143. The molecule has 17 heavy (non-hydrogen) atoms. The third kappa shape index (κ3) is 2.04. The van der Waals surface area contributed by atoms with Gasteiger partial charge in [0.2, 0.25) is 0 Å². The lowest BCUT2D eigenvalue weighted by molar-refractivity contribution is 0.896. The van der Waals surface area contributed by atoms with Crippen LogP contribution in [0.1, 0.15) is 12.0 Å². The maximum atomic E-state index is 4.62. The Morgan fingerprint density at radius 1 is 0.941 bits per heavy atom. The van der Waals surface area contributed by atoms with Crippen molar-refractivity contribution in [1.29, 1.82) is 0 Å². The number of rotatable bonds is 2. The lowest BCUT2D eigenvalue weighted by atomic mass is 10.1. The first-order chi connectivity index (χ1) is 8.43. The number of anilines is 1. The van der Waals surface area contributed by atoms with Gasteiger partial charge in [0, 0.05) is 19.2 Å². The molecule has 2 aromatic rings. The first-order valence-electron chi connectivity index (χ1n) is 5.75. The van der Waals surface area contributed by atoms with Crippen molar-refractivity contribution >= 4 is 11.5 Å². The zero-order chi connectivity index (χ0) is 11.5. The van der Waals surface area contributed by atoms with Gasteiger partial charge < -0.3 is 0 Å². The number of hydrogen-bond donors (Lipinski definition) is 0. The molecule has 3 heteroatoms. The second kappa shape index (κ2) is 4.37. The van der Waals surface area contributed by atoms with Crippen LogP contribution in [0.25, 0.3) is 0 Å². The summed E-state index contributed by atoms with van der Waals surface area (Å²) in [6.45, 7) is 0.904. The Morgan fingerprint density at radius 3 is 2.53 bits per heavy atom. The monoisotopic (exact) mass is 223 g/mol. The van der Waals surface area contributed by atoms with Crippen LogP contribution in [0.15, 0.2) is 59.8 Å². The topological polar surface area (TPSA) is 28.5 Å². The molecule has 1 aliphatic heterocycles. The predicted octanol–water partition coefficient (Wildman–Crippen LogP) is 2.70. The number of benzene rings is 1. The molecule has 0 unspecified atom stereocenters. The van der Waals surface area contributed by atoms with Gasteiger partial charge >= 0.3 is 0 Å². The van der Waals surface area contributed by atoms with Crippen LogP contribution in [0.2, 0.25) is 0 Å². The van der Waals surface area contributed by atoms with Crippen molar-refractivity contribution in [2.24, 2.45) is 5.10 Å². The summed E-state index contributed by atoms with van der Waals surface area (Å²) in [7, 11) is 0.